The van der Waals surface area contributed by atoms with Crippen LogP contribution in [0.25, 0.3) is 0 Å². The lowest BCUT2D eigenvalue weighted by molar-refractivity contribution is -0.143. The average molecular weight is 230 g/mol. The fourth-order valence-electron chi connectivity index (χ4n) is 1.33. The number of carbonyl (C=O) groups excluding carboxylic acids is 1. The SMILES string of the molecule is CCCCC(N)C(=O)N[C@@H](C(=O)O)C(C)C. The molecule has 1 unspecified atom stereocenters. The Morgan fingerprint density at radius 2 is 1.94 bits per heavy atom. The van der Waals surface area contributed by atoms with Crippen LogP contribution in [0.2, 0.25) is 0 Å². The minimum atomic E-state index is -1.02. The number of rotatable bonds is 7. The van der Waals surface area contributed by atoms with Gasteiger partial charge in [-0.25, -0.2) is 4.79 Å². The zero-order chi connectivity index (χ0) is 12.7. The standard InChI is InChI=1S/C11H22N2O3/c1-4-5-6-8(12)10(14)13-9(7(2)3)11(15)16/h7-9H,4-6,12H2,1-3H3,(H,13,14)(H,15,16)/t8?,9-/m1/s1. The van der Waals surface area contributed by atoms with Crippen LogP contribution in [0.4, 0.5) is 0 Å². The molecular weight excluding hydrogens is 208 g/mol. The first-order valence-corrected chi connectivity index (χ1v) is 5.68. The number of hydrogen-bond acceptors (Lipinski definition) is 3. The van der Waals surface area contributed by atoms with Crippen LogP contribution in [0, 0.1) is 5.92 Å². The largest absolute Gasteiger partial charge is 0.480 e. The third-order valence-electron chi connectivity index (χ3n) is 2.44. The van der Waals surface area contributed by atoms with E-state index in [1.54, 1.807) is 13.8 Å². The van der Waals surface area contributed by atoms with Gasteiger partial charge >= 0.3 is 5.97 Å². The molecule has 0 radical (unpaired) electrons. The molecule has 0 saturated heterocycles. The predicted octanol–water partition coefficient (Wildman–Crippen LogP) is 0.729. The van der Waals surface area contributed by atoms with Crippen LogP contribution in [-0.2, 0) is 9.59 Å². The quantitative estimate of drug-likeness (QED) is 0.601. The smallest absolute Gasteiger partial charge is 0.326 e. The van der Waals surface area contributed by atoms with E-state index in [4.69, 9.17) is 10.8 Å². The first-order chi connectivity index (χ1) is 7.40. The van der Waals surface area contributed by atoms with Crippen LogP contribution >= 0.6 is 0 Å². The summed E-state index contributed by atoms with van der Waals surface area (Å²) in [7, 11) is 0. The molecule has 0 aliphatic rings. The van der Waals surface area contributed by atoms with Crippen molar-refractivity contribution in [2.75, 3.05) is 0 Å². The van der Waals surface area contributed by atoms with Crippen molar-refractivity contribution in [3.8, 4) is 0 Å². The lowest BCUT2D eigenvalue weighted by Gasteiger charge is -2.20. The van der Waals surface area contributed by atoms with Crippen molar-refractivity contribution in [3.63, 3.8) is 0 Å². The Balaban J connectivity index is 4.24. The Morgan fingerprint density at radius 3 is 2.31 bits per heavy atom. The third-order valence-corrected chi connectivity index (χ3v) is 2.44. The van der Waals surface area contributed by atoms with Crippen molar-refractivity contribution in [1.29, 1.82) is 0 Å². The van der Waals surface area contributed by atoms with Gasteiger partial charge < -0.3 is 16.2 Å². The van der Waals surface area contributed by atoms with E-state index in [0.29, 0.717) is 6.42 Å². The maximum atomic E-state index is 11.6. The van der Waals surface area contributed by atoms with Crippen molar-refractivity contribution in [2.24, 2.45) is 11.7 Å². The number of carboxylic acid groups (broad SMARTS) is 1. The monoisotopic (exact) mass is 230 g/mol. The molecule has 5 nitrogen and oxygen atoms in total. The molecular formula is C11H22N2O3. The summed E-state index contributed by atoms with van der Waals surface area (Å²) in [5, 5.41) is 11.4. The minimum Gasteiger partial charge on any atom is -0.480 e. The van der Waals surface area contributed by atoms with E-state index < -0.39 is 18.1 Å². The number of unbranched alkanes of at least 4 members (excludes halogenated alkanes) is 1. The summed E-state index contributed by atoms with van der Waals surface area (Å²) in [5.74, 6) is -1.56. The van der Waals surface area contributed by atoms with Crippen LogP contribution in [0.5, 0.6) is 0 Å². The topological polar surface area (TPSA) is 92.4 Å². The Labute approximate surface area is 96.4 Å². The van der Waals surface area contributed by atoms with Gasteiger partial charge in [0.1, 0.15) is 6.04 Å². The van der Waals surface area contributed by atoms with Crippen molar-refractivity contribution in [1.82, 2.24) is 5.32 Å². The third kappa shape index (κ3) is 5.11. The van der Waals surface area contributed by atoms with E-state index in [2.05, 4.69) is 5.32 Å². The van der Waals surface area contributed by atoms with Gasteiger partial charge in [0.2, 0.25) is 5.91 Å². The number of hydrogen-bond donors (Lipinski definition) is 3. The summed E-state index contributed by atoms with van der Waals surface area (Å²) in [5.41, 5.74) is 5.65. The summed E-state index contributed by atoms with van der Waals surface area (Å²) >= 11 is 0. The van der Waals surface area contributed by atoms with Crippen LogP contribution in [-0.4, -0.2) is 29.1 Å². The second-order valence-corrected chi connectivity index (χ2v) is 4.32. The van der Waals surface area contributed by atoms with Crippen LogP contribution in [0.15, 0.2) is 0 Å². The van der Waals surface area contributed by atoms with Crippen molar-refractivity contribution >= 4 is 11.9 Å². The molecule has 4 N–H and O–H groups in total. The molecule has 0 aliphatic heterocycles. The first-order valence-electron chi connectivity index (χ1n) is 5.68. The minimum absolute atomic E-state index is 0.153. The van der Waals surface area contributed by atoms with Gasteiger partial charge in [-0.15, -0.1) is 0 Å². The molecule has 0 saturated carbocycles. The molecule has 0 aromatic carbocycles. The summed E-state index contributed by atoms with van der Waals surface area (Å²) in [6.07, 6.45) is 2.42. The van der Waals surface area contributed by atoms with E-state index in [-0.39, 0.29) is 11.8 Å². The highest BCUT2D eigenvalue weighted by Crippen LogP contribution is 2.04. The normalized spacial score (nSPS) is 14.6. The molecule has 0 heterocycles. The Bertz CT molecular complexity index is 241. The molecule has 0 aliphatic carbocycles. The summed E-state index contributed by atoms with van der Waals surface area (Å²) in [4.78, 5) is 22.4. The van der Waals surface area contributed by atoms with Crippen LogP contribution in [0.1, 0.15) is 40.0 Å². The van der Waals surface area contributed by atoms with Crippen molar-refractivity contribution in [3.05, 3.63) is 0 Å². The van der Waals surface area contributed by atoms with Crippen molar-refractivity contribution in [2.45, 2.75) is 52.1 Å². The Hall–Kier alpha value is -1.10. The van der Waals surface area contributed by atoms with Crippen LogP contribution < -0.4 is 11.1 Å². The van der Waals surface area contributed by atoms with E-state index >= 15 is 0 Å². The van der Waals surface area contributed by atoms with E-state index in [1.165, 1.54) is 0 Å². The lowest BCUT2D eigenvalue weighted by Crippen LogP contribution is -2.50. The number of carboxylic acids is 1. The molecule has 2 atom stereocenters. The number of amides is 1. The maximum absolute atomic E-state index is 11.6. The molecule has 0 bridgehead atoms. The highest BCUT2D eigenvalue weighted by Gasteiger charge is 2.25. The zero-order valence-electron chi connectivity index (χ0n) is 10.2. The summed E-state index contributed by atoms with van der Waals surface area (Å²) in [6.45, 7) is 5.51. The number of aliphatic carboxylic acids is 1. The second-order valence-electron chi connectivity index (χ2n) is 4.32. The number of carbonyl (C=O) groups is 2. The Kier molecular flexibility index (Phi) is 6.72. The Morgan fingerprint density at radius 1 is 1.38 bits per heavy atom. The fourth-order valence-corrected chi connectivity index (χ4v) is 1.33. The first kappa shape index (κ1) is 14.9. The predicted molar refractivity (Wildman–Crippen MR) is 61.9 cm³/mol. The second kappa shape index (κ2) is 7.22. The van der Waals surface area contributed by atoms with Crippen LogP contribution in [0.3, 0.4) is 0 Å². The van der Waals surface area contributed by atoms with E-state index in [1.807, 2.05) is 6.92 Å². The summed E-state index contributed by atoms with van der Waals surface area (Å²) in [6, 6.07) is -1.47. The van der Waals surface area contributed by atoms with Gasteiger partial charge in [0, 0.05) is 0 Å². The number of nitrogens with one attached hydrogen (secondary N) is 1. The molecule has 0 aromatic rings. The lowest BCUT2D eigenvalue weighted by atomic mass is 10.0. The van der Waals surface area contributed by atoms with E-state index in [9.17, 15) is 9.59 Å². The highest BCUT2D eigenvalue weighted by atomic mass is 16.4. The van der Waals surface area contributed by atoms with Gasteiger partial charge in [0.25, 0.3) is 0 Å². The molecule has 94 valence electrons. The number of nitrogens with two attached hydrogens (primary N) is 1. The molecule has 0 fully saturated rings. The molecule has 16 heavy (non-hydrogen) atoms. The molecule has 5 heteroatoms. The van der Waals surface area contributed by atoms with Gasteiger partial charge in [-0.2, -0.15) is 0 Å². The van der Waals surface area contributed by atoms with Gasteiger partial charge in [-0.05, 0) is 12.3 Å². The summed E-state index contributed by atoms with van der Waals surface area (Å²) < 4.78 is 0. The van der Waals surface area contributed by atoms with Gasteiger partial charge in [0.05, 0.1) is 6.04 Å². The van der Waals surface area contributed by atoms with Gasteiger partial charge in [-0.3, -0.25) is 4.79 Å². The van der Waals surface area contributed by atoms with E-state index in [0.717, 1.165) is 12.8 Å². The fraction of sp³-hybridized carbons (Fsp3) is 0.818. The highest BCUT2D eigenvalue weighted by molar-refractivity contribution is 5.86. The van der Waals surface area contributed by atoms with Gasteiger partial charge in [-0.1, -0.05) is 33.6 Å². The average Bonchev–Trinajstić information content (AvgIpc) is 2.20. The zero-order valence-corrected chi connectivity index (χ0v) is 10.2. The maximum Gasteiger partial charge on any atom is 0.326 e. The molecule has 0 rings (SSSR count). The van der Waals surface area contributed by atoms with Gasteiger partial charge in [0.15, 0.2) is 0 Å². The van der Waals surface area contributed by atoms with Crippen molar-refractivity contribution < 1.29 is 14.7 Å². The molecule has 0 spiro atoms. The molecule has 0 aromatic heterocycles. The molecule has 1 amide bonds.